The monoisotopic (exact) mass is 519 g/mol. The highest BCUT2D eigenvalue weighted by molar-refractivity contribution is 6.32. The van der Waals surface area contributed by atoms with E-state index in [1.54, 1.807) is 42.6 Å². The second kappa shape index (κ2) is 11.4. The second-order valence-corrected chi connectivity index (χ2v) is 8.29. The lowest BCUT2D eigenvalue weighted by atomic mass is 10.2. The van der Waals surface area contributed by atoms with Crippen molar-refractivity contribution in [3.63, 3.8) is 0 Å². The van der Waals surface area contributed by atoms with E-state index >= 15 is 0 Å². The molecule has 4 aromatic rings. The lowest BCUT2D eigenvalue weighted by Crippen LogP contribution is -2.24. The number of ether oxygens (including phenoxy) is 2. The summed E-state index contributed by atoms with van der Waals surface area (Å²) in [5.74, 6) is 0.802. The van der Waals surface area contributed by atoms with Crippen LogP contribution < -0.4 is 14.9 Å². The van der Waals surface area contributed by atoms with Gasteiger partial charge in [-0.2, -0.15) is 5.10 Å². The summed E-state index contributed by atoms with van der Waals surface area (Å²) in [4.78, 5) is 26.3. The van der Waals surface area contributed by atoms with Gasteiger partial charge < -0.3 is 14.0 Å². The third kappa shape index (κ3) is 6.30. The Morgan fingerprint density at radius 1 is 1.16 bits per heavy atom. The van der Waals surface area contributed by atoms with Gasteiger partial charge in [0.1, 0.15) is 17.7 Å². The number of hydrogen-bond acceptors (Lipinski definition) is 7. The molecule has 2 heterocycles. The highest BCUT2D eigenvalue weighted by Crippen LogP contribution is 2.25. The minimum Gasteiger partial charge on any atom is -0.482 e. The molecule has 2 aromatic carbocycles. The number of carbonyl (C=O) groups is 1. The van der Waals surface area contributed by atoms with Gasteiger partial charge in [-0.05, 0) is 56.3 Å². The number of pyridine rings is 1. The van der Waals surface area contributed by atoms with Gasteiger partial charge in [0, 0.05) is 34.8 Å². The first kappa shape index (κ1) is 25.4. The van der Waals surface area contributed by atoms with Crippen LogP contribution in [0.15, 0.2) is 78.0 Å². The number of hydrogen-bond donors (Lipinski definition) is 1. The highest BCUT2D eigenvalue weighted by Gasteiger charge is 2.11. The first-order valence-electron chi connectivity index (χ1n) is 11.1. The van der Waals surface area contributed by atoms with Gasteiger partial charge in [0.2, 0.25) is 5.88 Å². The van der Waals surface area contributed by atoms with Gasteiger partial charge in [-0.3, -0.25) is 14.9 Å². The van der Waals surface area contributed by atoms with E-state index in [2.05, 4.69) is 15.5 Å². The molecule has 0 saturated heterocycles. The number of aromatic nitrogens is 2. The molecule has 0 fully saturated rings. The maximum Gasteiger partial charge on any atom is 0.287 e. The third-order valence-electron chi connectivity index (χ3n) is 5.31. The van der Waals surface area contributed by atoms with E-state index in [-0.39, 0.29) is 18.2 Å². The van der Waals surface area contributed by atoms with E-state index in [0.29, 0.717) is 16.5 Å². The first-order valence-corrected chi connectivity index (χ1v) is 11.5. The summed E-state index contributed by atoms with van der Waals surface area (Å²) in [7, 11) is 0. The predicted octanol–water partition coefficient (Wildman–Crippen LogP) is 5.37. The molecule has 1 amide bonds. The van der Waals surface area contributed by atoms with Gasteiger partial charge in [0.05, 0.1) is 16.2 Å². The van der Waals surface area contributed by atoms with E-state index in [0.717, 1.165) is 28.8 Å². The van der Waals surface area contributed by atoms with Gasteiger partial charge in [-0.25, -0.2) is 10.4 Å². The van der Waals surface area contributed by atoms with E-state index in [1.807, 2.05) is 36.6 Å². The Balaban J connectivity index is 1.38. The molecule has 0 atom stereocenters. The zero-order valence-corrected chi connectivity index (χ0v) is 20.7. The van der Waals surface area contributed by atoms with E-state index < -0.39 is 10.8 Å². The number of carbonyl (C=O) groups excluding carboxylic acids is 1. The van der Waals surface area contributed by atoms with Crippen LogP contribution in [0.4, 0.5) is 5.69 Å². The second-order valence-electron chi connectivity index (χ2n) is 7.88. The number of nitrogens with one attached hydrogen (secondary N) is 1. The summed E-state index contributed by atoms with van der Waals surface area (Å²) in [5.41, 5.74) is 5.97. The van der Waals surface area contributed by atoms with Crippen molar-refractivity contribution in [3.05, 3.63) is 105 Å². The van der Waals surface area contributed by atoms with Crippen LogP contribution in [0.2, 0.25) is 5.02 Å². The van der Waals surface area contributed by atoms with E-state index in [1.165, 1.54) is 12.1 Å². The summed E-state index contributed by atoms with van der Waals surface area (Å²) in [6.07, 6.45) is 2.72. The molecule has 10 nitrogen and oxygen atoms in total. The molecular weight excluding hydrogens is 498 g/mol. The van der Waals surface area contributed by atoms with Crippen molar-refractivity contribution in [3.8, 4) is 23.1 Å². The Kier molecular flexibility index (Phi) is 7.80. The number of rotatable bonds is 9. The fraction of sp³-hybridized carbons (Fsp3) is 0.115. The molecule has 0 bridgehead atoms. The average Bonchev–Trinajstić information content (AvgIpc) is 3.17. The Morgan fingerprint density at radius 3 is 2.59 bits per heavy atom. The van der Waals surface area contributed by atoms with Crippen molar-refractivity contribution in [1.82, 2.24) is 15.0 Å². The molecule has 0 aliphatic rings. The molecular formula is C26H22ClN5O5. The Morgan fingerprint density at radius 2 is 1.92 bits per heavy atom. The summed E-state index contributed by atoms with van der Waals surface area (Å²) in [6, 6.07) is 19.0. The zero-order valence-electron chi connectivity index (χ0n) is 19.9. The van der Waals surface area contributed by atoms with Crippen molar-refractivity contribution in [2.24, 2.45) is 5.10 Å². The topological polar surface area (TPSA) is 121 Å². The van der Waals surface area contributed by atoms with Crippen molar-refractivity contribution in [2.75, 3.05) is 6.61 Å². The Hall–Kier alpha value is -4.70. The number of amides is 1. The zero-order chi connectivity index (χ0) is 26.4. The fourth-order valence-electron chi connectivity index (χ4n) is 3.55. The number of para-hydroxylation sites is 1. The number of benzene rings is 2. The number of nitro groups is 1. The third-order valence-corrected chi connectivity index (χ3v) is 5.62. The molecule has 11 heteroatoms. The van der Waals surface area contributed by atoms with Gasteiger partial charge in [-0.1, -0.05) is 23.7 Å². The predicted molar refractivity (Wildman–Crippen MR) is 139 cm³/mol. The first-order chi connectivity index (χ1) is 17.8. The van der Waals surface area contributed by atoms with Crippen LogP contribution >= 0.6 is 11.6 Å². The summed E-state index contributed by atoms with van der Waals surface area (Å²) in [6.45, 7) is 3.69. The maximum absolute atomic E-state index is 12.1. The molecule has 0 radical (unpaired) electrons. The van der Waals surface area contributed by atoms with E-state index in [4.69, 9.17) is 21.1 Å². The Labute approximate surface area is 217 Å². The van der Waals surface area contributed by atoms with Crippen molar-refractivity contribution in [1.29, 1.82) is 0 Å². The van der Waals surface area contributed by atoms with Crippen LogP contribution in [0.3, 0.4) is 0 Å². The minimum atomic E-state index is -0.517. The summed E-state index contributed by atoms with van der Waals surface area (Å²) in [5, 5.41) is 15.2. The molecule has 0 unspecified atom stereocenters. The molecule has 0 aliphatic heterocycles. The molecule has 1 N–H and O–H groups in total. The molecule has 37 heavy (non-hydrogen) atoms. The van der Waals surface area contributed by atoms with Crippen LogP contribution in [0, 0.1) is 24.0 Å². The smallest absolute Gasteiger partial charge is 0.287 e. The number of aryl methyl sites for hydroxylation is 1. The standard InChI is InChI=1S/C26H22ClN5O5/c1-17-13-19(14-29-30-25(33)16-36-24-6-4-3-5-23(24)27)18(2)31(17)20-7-10-22(11-8-20)37-26-12-9-21(15-28-26)32(34)35/h3-15H,16H2,1-2H3,(H,30,33)/b29-14-. The van der Waals surface area contributed by atoms with Crippen molar-refractivity contribution in [2.45, 2.75) is 13.8 Å². The lowest BCUT2D eigenvalue weighted by Gasteiger charge is -2.11. The maximum atomic E-state index is 12.1. The summed E-state index contributed by atoms with van der Waals surface area (Å²) < 4.78 is 13.1. The molecule has 188 valence electrons. The fourth-order valence-corrected chi connectivity index (χ4v) is 3.74. The normalized spacial score (nSPS) is 10.9. The van der Waals surface area contributed by atoms with Crippen LogP contribution in [-0.4, -0.2) is 33.2 Å². The van der Waals surface area contributed by atoms with E-state index in [9.17, 15) is 14.9 Å². The molecule has 0 saturated carbocycles. The van der Waals surface area contributed by atoms with Crippen molar-refractivity contribution >= 4 is 29.4 Å². The van der Waals surface area contributed by atoms with Crippen LogP contribution in [0.5, 0.6) is 17.4 Å². The van der Waals surface area contributed by atoms with Gasteiger partial charge in [0.25, 0.3) is 11.6 Å². The minimum absolute atomic E-state index is 0.106. The number of hydrazone groups is 1. The molecule has 0 spiro atoms. The lowest BCUT2D eigenvalue weighted by molar-refractivity contribution is -0.385. The van der Waals surface area contributed by atoms with Gasteiger partial charge in [0.15, 0.2) is 6.61 Å². The number of halogens is 1. The molecule has 2 aromatic heterocycles. The van der Waals surface area contributed by atoms with Crippen LogP contribution in [0.25, 0.3) is 5.69 Å². The summed E-state index contributed by atoms with van der Waals surface area (Å²) >= 11 is 6.02. The van der Waals surface area contributed by atoms with Crippen molar-refractivity contribution < 1.29 is 19.2 Å². The van der Waals surface area contributed by atoms with Crippen LogP contribution in [0.1, 0.15) is 17.0 Å². The molecule has 4 rings (SSSR count). The highest BCUT2D eigenvalue weighted by atomic mass is 35.5. The van der Waals surface area contributed by atoms with Gasteiger partial charge >= 0.3 is 0 Å². The SMILES string of the molecule is Cc1cc(/C=N\NC(=O)COc2ccccc2Cl)c(C)n1-c1ccc(Oc2ccc([N+](=O)[O-])cn2)cc1. The number of nitrogens with zero attached hydrogens (tertiary/aromatic N) is 4. The van der Waals surface area contributed by atoms with Gasteiger partial charge in [-0.15, -0.1) is 0 Å². The van der Waals surface area contributed by atoms with Crippen LogP contribution in [-0.2, 0) is 4.79 Å². The largest absolute Gasteiger partial charge is 0.482 e. The average molecular weight is 520 g/mol. The molecule has 0 aliphatic carbocycles. The Bertz CT molecular complexity index is 1450. The quantitative estimate of drug-likeness (QED) is 0.180.